The lowest BCUT2D eigenvalue weighted by Crippen LogP contribution is -2.26. The van der Waals surface area contributed by atoms with Crippen LogP contribution in [0.4, 0.5) is 0 Å². The van der Waals surface area contributed by atoms with E-state index in [1.54, 1.807) is 12.1 Å². The number of hydrogen-bond acceptors (Lipinski definition) is 3. The molecule has 0 bridgehead atoms. The Bertz CT molecular complexity index is 585. The van der Waals surface area contributed by atoms with Gasteiger partial charge in [-0.05, 0) is 43.8 Å². The van der Waals surface area contributed by atoms with Gasteiger partial charge in [0, 0.05) is 12.1 Å². The summed E-state index contributed by atoms with van der Waals surface area (Å²) in [7, 11) is 1.90. The van der Waals surface area contributed by atoms with Crippen molar-refractivity contribution in [2.24, 2.45) is 0 Å². The van der Waals surface area contributed by atoms with Crippen molar-refractivity contribution >= 4 is 5.91 Å². The molecule has 2 aromatic carbocycles. The van der Waals surface area contributed by atoms with Crippen molar-refractivity contribution in [2.75, 3.05) is 20.1 Å². The maximum Gasteiger partial charge on any atom is 0.251 e. The van der Waals surface area contributed by atoms with E-state index in [0.29, 0.717) is 24.5 Å². The molecule has 0 aliphatic rings. The average Bonchev–Trinajstić information content (AvgIpc) is 2.58. The minimum absolute atomic E-state index is 0.0683. The molecule has 0 heterocycles. The molecule has 4 nitrogen and oxygen atoms in total. The van der Waals surface area contributed by atoms with E-state index in [2.05, 4.69) is 10.6 Å². The van der Waals surface area contributed by atoms with Gasteiger partial charge in [0.2, 0.25) is 0 Å². The number of nitrogens with one attached hydrogen (secondary N) is 2. The SMILES string of the molecule is CNCCCNC(=O)c1cccc(OCc2ccccc2)c1. The number of ether oxygens (including phenoxy) is 1. The van der Waals surface area contributed by atoms with Crippen LogP contribution in [0.15, 0.2) is 54.6 Å². The Balaban J connectivity index is 1.87. The fraction of sp³-hybridized carbons (Fsp3) is 0.278. The van der Waals surface area contributed by atoms with Crippen LogP contribution in [0.25, 0.3) is 0 Å². The standard InChI is InChI=1S/C18H22N2O2/c1-19-11-6-12-20-18(21)16-9-5-10-17(13-16)22-14-15-7-3-2-4-8-15/h2-5,7-10,13,19H,6,11-12,14H2,1H3,(H,20,21). The van der Waals surface area contributed by atoms with Crippen molar-refractivity contribution in [1.82, 2.24) is 10.6 Å². The van der Waals surface area contributed by atoms with Crippen LogP contribution in [-0.2, 0) is 6.61 Å². The molecule has 0 spiro atoms. The van der Waals surface area contributed by atoms with Crippen LogP contribution in [0.2, 0.25) is 0 Å². The predicted octanol–water partition coefficient (Wildman–Crippen LogP) is 2.60. The third-order valence-electron chi connectivity index (χ3n) is 3.23. The highest BCUT2D eigenvalue weighted by atomic mass is 16.5. The molecule has 0 fully saturated rings. The molecule has 1 amide bonds. The predicted molar refractivity (Wildman–Crippen MR) is 88.1 cm³/mol. The monoisotopic (exact) mass is 298 g/mol. The van der Waals surface area contributed by atoms with Crippen LogP contribution in [-0.4, -0.2) is 26.0 Å². The zero-order valence-electron chi connectivity index (χ0n) is 12.8. The Morgan fingerprint density at radius 1 is 1.05 bits per heavy atom. The smallest absolute Gasteiger partial charge is 0.251 e. The van der Waals surface area contributed by atoms with E-state index in [4.69, 9.17) is 4.74 Å². The first-order valence-electron chi connectivity index (χ1n) is 7.49. The summed E-state index contributed by atoms with van der Waals surface area (Å²) in [6.45, 7) is 2.05. The van der Waals surface area contributed by atoms with E-state index in [1.165, 1.54) is 0 Å². The van der Waals surface area contributed by atoms with Gasteiger partial charge in [-0.2, -0.15) is 0 Å². The molecule has 2 N–H and O–H groups in total. The topological polar surface area (TPSA) is 50.4 Å². The average molecular weight is 298 g/mol. The largest absolute Gasteiger partial charge is 0.489 e. The summed E-state index contributed by atoms with van der Waals surface area (Å²) in [6.07, 6.45) is 0.909. The highest BCUT2D eigenvalue weighted by Crippen LogP contribution is 2.15. The van der Waals surface area contributed by atoms with Gasteiger partial charge < -0.3 is 15.4 Å². The molecule has 116 valence electrons. The quantitative estimate of drug-likeness (QED) is 0.737. The van der Waals surface area contributed by atoms with E-state index in [9.17, 15) is 4.79 Å². The number of hydrogen-bond donors (Lipinski definition) is 2. The Morgan fingerprint density at radius 3 is 2.64 bits per heavy atom. The Morgan fingerprint density at radius 2 is 1.86 bits per heavy atom. The van der Waals surface area contributed by atoms with Crippen molar-refractivity contribution in [3.8, 4) is 5.75 Å². The molecule has 0 atom stereocenters. The molecular formula is C18H22N2O2. The molecule has 0 unspecified atom stereocenters. The summed E-state index contributed by atoms with van der Waals surface area (Å²) in [5.74, 6) is 0.632. The molecule has 0 radical (unpaired) electrons. The van der Waals surface area contributed by atoms with Gasteiger partial charge >= 0.3 is 0 Å². The molecule has 4 heteroatoms. The van der Waals surface area contributed by atoms with Crippen molar-refractivity contribution in [3.63, 3.8) is 0 Å². The third kappa shape index (κ3) is 5.22. The van der Waals surface area contributed by atoms with Gasteiger partial charge in [-0.15, -0.1) is 0 Å². The van der Waals surface area contributed by atoms with Gasteiger partial charge in [0.1, 0.15) is 12.4 Å². The molecule has 2 rings (SSSR count). The first-order valence-corrected chi connectivity index (χ1v) is 7.49. The minimum Gasteiger partial charge on any atom is -0.489 e. The molecule has 0 aromatic heterocycles. The van der Waals surface area contributed by atoms with Crippen LogP contribution in [0.1, 0.15) is 22.3 Å². The van der Waals surface area contributed by atoms with Gasteiger partial charge in [-0.25, -0.2) is 0 Å². The molecule has 22 heavy (non-hydrogen) atoms. The molecule has 0 saturated carbocycles. The van der Waals surface area contributed by atoms with Gasteiger partial charge in [0.05, 0.1) is 0 Å². The molecule has 0 aliphatic heterocycles. The summed E-state index contributed by atoms with van der Waals surface area (Å²) >= 11 is 0. The lowest BCUT2D eigenvalue weighted by atomic mass is 10.2. The maximum absolute atomic E-state index is 12.0. The van der Waals surface area contributed by atoms with Crippen molar-refractivity contribution in [2.45, 2.75) is 13.0 Å². The fourth-order valence-corrected chi connectivity index (χ4v) is 2.04. The lowest BCUT2D eigenvalue weighted by Gasteiger charge is -2.09. The summed E-state index contributed by atoms with van der Waals surface area (Å²) in [6, 6.07) is 17.2. The lowest BCUT2D eigenvalue weighted by molar-refractivity contribution is 0.0953. The molecule has 0 aliphatic carbocycles. The number of carbonyl (C=O) groups is 1. The summed E-state index contributed by atoms with van der Waals surface area (Å²) < 4.78 is 5.74. The Hall–Kier alpha value is -2.33. The zero-order valence-corrected chi connectivity index (χ0v) is 12.8. The Kier molecular flexibility index (Phi) is 6.45. The van der Waals surface area contributed by atoms with E-state index < -0.39 is 0 Å². The molecule has 2 aromatic rings. The second-order valence-electron chi connectivity index (χ2n) is 5.02. The van der Waals surface area contributed by atoms with E-state index in [-0.39, 0.29) is 5.91 Å². The van der Waals surface area contributed by atoms with Gasteiger partial charge in [-0.3, -0.25) is 4.79 Å². The molecule has 0 saturated heterocycles. The van der Waals surface area contributed by atoms with Crippen LogP contribution in [0.5, 0.6) is 5.75 Å². The minimum atomic E-state index is -0.0683. The fourth-order valence-electron chi connectivity index (χ4n) is 2.04. The van der Waals surface area contributed by atoms with Gasteiger partial charge in [-0.1, -0.05) is 36.4 Å². The second-order valence-corrected chi connectivity index (χ2v) is 5.02. The third-order valence-corrected chi connectivity index (χ3v) is 3.23. The van der Waals surface area contributed by atoms with Crippen LogP contribution < -0.4 is 15.4 Å². The van der Waals surface area contributed by atoms with E-state index >= 15 is 0 Å². The first-order chi connectivity index (χ1) is 10.8. The number of benzene rings is 2. The van der Waals surface area contributed by atoms with E-state index in [1.807, 2.05) is 49.5 Å². The number of rotatable bonds is 8. The normalized spacial score (nSPS) is 10.2. The first kappa shape index (κ1) is 16.0. The van der Waals surface area contributed by atoms with Crippen molar-refractivity contribution in [1.29, 1.82) is 0 Å². The highest BCUT2D eigenvalue weighted by Gasteiger charge is 2.06. The summed E-state index contributed by atoms with van der Waals surface area (Å²) in [5, 5.41) is 5.95. The number of carbonyl (C=O) groups excluding carboxylic acids is 1. The van der Waals surface area contributed by atoms with Gasteiger partial charge in [0.25, 0.3) is 5.91 Å². The second kappa shape index (κ2) is 8.85. The van der Waals surface area contributed by atoms with Crippen LogP contribution in [0, 0.1) is 0 Å². The Labute approximate surface area is 131 Å². The van der Waals surface area contributed by atoms with E-state index in [0.717, 1.165) is 18.5 Å². The summed E-state index contributed by atoms with van der Waals surface area (Å²) in [4.78, 5) is 12.0. The van der Waals surface area contributed by atoms with Crippen molar-refractivity contribution < 1.29 is 9.53 Å². The summed E-state index contributed by atoms with van der Waals surface area (Å²) in [5.41, 5.74) is 1.72. The van der Waals surface area contributed by atoms with Crippen LogP contribution >= 0.6 is 0 Å². The van der Waals surface area contributed by atoms with Crippen LogP contribution in [0.3, 0.4) is 0 Å². The highest BCUT2D eigenvalue weighted by molar-refractivity contribution is 5.94. The van der Waals surface area contributed by atoms with Gasteiger partial charge in [0.15, 0.2) is 0 Å². The molecular weight excluding hydrogens is 276 g/mol. The maximum atomic E-state index is 12.0. The van der Waals surface area contributed by atoms with Crippen molar-refractivity contribution in [3.05, 3.63) is 65.7 Å². The zero-order chi connectivity index (χ0) is 15.6. The number of amides is 1.